The molecule has 0 spiro atoms. The molecule has 0 unspecified atom stereocenters. The van der Waals surface area contributed by atoms with E-state index < -0.39 is 0 Å². The van der Waals surface area contributed by atoms with Gasteiger partial charge in [-0.2, -0.15) is 0 Å². The van der Waals surface area contributed by atoms with Crippen LogP contribution < -0.4 is 0 Å². The molecule has 0 amide bonds. The van der Waals surface area contributed by atoms with Crippen molar-refractivity contribution in [3.8, 4) is 17.1 Å². The predicted octanol–water partition coefficient (Wildman–Crippen LogP) is 6.42. The van der Waals surface area contributed by atoms with Crippen molar-refractivity contribution in [2.75, 3.05) is 6.26 Å². The van der Waals surface area contributed by atoms with Crippen LogP contribution in [0, 0.1) is 0 Å². The maximum atomic E-state index is 6.47. The quantitative estimate of drug-likeness (QED) is 0.480. The summed E-state index contributed by atoms with van der Waals surface area (Å²) >= 11 is 9.98. The normalized spacial score (nSPS) is 11.2. The van der Waals surface area contributed by atoms with E-state index in [1.807, 2.05) is 18.5 Å². The number of rotatable bonds is 5. The standard InChI is InChI=1S/C19H19ClN2S2/c1-13(2)24-18-9-4-14(12-17(18)20)19-21-10-11-22(19)15-5-7-16(23-3)8-6-15/h4-13H,1-3H3. The number of hydrogen-bond donors (Lipinski definition) is 0. The molecule has 0 N–H and O–H groups in total. The molecule has 0 aliphatic heterocycles. The molecule has 0 aliphatic rings. The van der Waals surface area contributed by atoms with Gasteiger partial charge in [0, 0.05) is 38.7 Å². The molecule has 1 heterocycles. The molecule has 0 fully saturated rings. The van der Waals surface area contributed by atoms with Crippen LogP contribution in [0.2, 0.25) is 5.02 Å². The lowest BCUT2D eigenvalue weighted by Gasteiger charge is -2.11. The third kappa shape index (κ3) is 3.82. The Kier molecular flexibility index (Phi) is 5.59. The van der Waals surface area contributed by atoms with E-state index in [1.165, 1.54) is 4.90 Å². The fraction of sp³-hybridized carbons (Fsp3) is 0.211. The van der Waals surface area contributed by atoms with Crippen LogP contribution in [-0.2, 0) is 0 Å². The van der Waals surface area contributed by atoms with Crippen LogP contribution in [-0.4, -0.2) is 21.1 Å². The fourth-order valence-electron chi connectivity index (χ4n) is 2.46. The topological polar surface area (TPSA) is 17.8 Å². The highest BCUT2D eigenvalue weighted by atomic mass is 35.5. The molecule has 2 nitrogen and oxygen atoms in total. The Hall–Kier alpha value is -1.36. The maximum absolute atomic E-state index is 6.47. The van der Waals surface area contributed by atoms with Gasteiger partial charge in [0.2, 0.25) is 0 Å². The zero-order valence-electron chi connectivity index (χ0n) is 13.9. The molecule has 0 radical (unpaired) electrons. The summed E-state index contributed by atoms with van der Waals surface area (Å²) in [5.74, 6) is 0.898. The van der Waals surface area contributed by atoms with Gasteiger partial charge in [-0.1, -0.05) is 31.5 Å². The molecule has 124 valence electrons. The average Bonchev–Trinajstić information content (AvgIpc) is 3.06. The van der Waals surface area contributed by atoms with Crippen LogP contribution >= 0.6 is 35.1 Å². The highest BCUT2D eigenvalue weighted by Gasteiger charge is 2.11. The van der Waals surface area contributed by atoms with E-state index in [0.717, 1.165) is 27.0 Å². The summed E-state index contributed by atoms with van der Waals surface area (Å²) in [4.78, 5) is 6.89. The van der Waals surface area contributed by atoms with E-state index in [0.29, 0.717) is 5.25 Å². The lowest BCUT2D eigenvalue weighted by Crippen LogP contribution is -1.96. The maximum Gasteiger partial charge on any atom is 0.144 e. The summed E-state index contributed by atoms with van der Waals surface area (Å²) in [6, 6.07) is 14.6. The van der Waals surface area contributed by atoms with Gasteiger partial charge in [0.1, 0.15) is 5.82 Å². The molecule has 1 aromatic heterocycles. The Labute approximate surface area is 156 Å². The number of benzene rings is 2. The van der Waals surface area contributed by atoms with E-state index in [2.05, 4.69) is 66.1 Å². The molecule has 0 bridgehead atoms. The zero-order chi connectivity index (χ0) is 17.1. The van der Waals surface area contributed by atoms with Gasteiger partial charge in [-0.3, -0.25) is 4.57 Å². The van der Waals surface area contributed by atoms with E-state index in [-0.39, 0.29) is 0 Å². The van der Waals surface area contributed by atoms with Crippen molar-refractivity contribution in [1.82, 2.24) is 9.55 Å². The van der Waals surface area contributed by atoms with Gasteiger partial charge < -0.3 is 0 Å². The number of nitrogens with zero attached hydrogens (tertiary/aromatic N) is 2. The lowest BCUT2D eigenvalue weighted by atomic mass is 10.2. The van der Waals surface area contributed by atoms with Crippen LogP contribution in [0.25, 0.3) is 17.1 Å². The van der Waals surface area contributed by atoms with Crippen molar-refractivity contribution in [3.63, 3.8) is 0 Å². The van der Waals surface area contributed by atoms with Gasteiger partial charge in [-0.05, 0) is 42.7 Å². The van der Waals surface area contributed by atoms with Crippen molar-refractivity contribution >= 4 is 35.1 Å². The molecule has 24 heavy (non-hydrogen) atoms. The third-order valence-electron chi connectivity index (χ3n) is 3.54. The van der Waals surface area contributed by atoms with Gasteiger partial charge in [-0.25, -0.2) is 4.98 Å². The number of aromatic nitrogens is 2. The summed E-state index contributed by atoms with van der Waals surface area (Å²) < 4.78 is 2.09. The summed E-state index contributed by atoms with van der Waals surface area (Å²) in [5, 5.41) is 1.28. The van der Waals surface area contributed by atoms with E-state index in [9.17, 15) is 0 Å². The second-order valence-corrected chi connectivity index (χ2v) is 8.54. The zero-order valence-corrected chi connectivity index (χ0v) is 16.3. The first-order chi connectivity index (χ1) is 11.6. The molecule has 5 heteroatoms. The Morgan fingerprint density at radius 1 is 1.08 bits per heavy atom. The first-order valence-corrected chi connectivity index (χ1v) is 10.2. The molecule has 0 saturated heterocycles. The highest BCUT2D eigenvalue weighted by molar-refractivity contribution is 8.00. The van der Waals surface area contributed by atoms with Crippen molar-refractivity contribution in [3.05, 3.63) is 59.9 Å². The predicted molar refractivity (Wildman–Crippen MR) is 107 cm³/mol. The fourth-order valence-corrected chi connectivity index (χ4v) is 4.01. The Morgan fingerprint density at radius 2 is 1.83 bits per heavy atom. The van der Waals surface area contributed by atoms with Gasteiger partial charge in [0.25, 0.3) is 0 Å². The average molecular weight is 375 g/mol. The van der Waals surface area contributed by atoms with Crippen LogP contribution in [0.3, 0.4) is 0 Å². The largest absolute Gasteiger partial charge is 0.300 e. The Balaban J connectivity index is 1.96. The number of thioether (sulfide) groups is 2. The van der Waals surface area contributed by atoms with Gasteiger partial charge >= 0.3 is 0 Å². The molecule has 3 aromatic rings. The molecule has 0 atom stereocenters. The monoisotopic (exact) mass is 374 g/mol. The Bertz CT molecular complexity index is 826. The molecule has 0 saturated carbocycles. The second-order valence-electron chi connectivity index (χ2n) is 5.63. The first-order valence-electron chi connectivity index (χ1n) is 7.73. The Morgan fingerprint density at radius 3 is 2.46 bits per heavy atom. The second kappa shape index (κ2) is 7.68. The summed E-state index contributed by atoms with van der Waals surface area (Å²) in [6.45, 7) is 4.33. The number of imidazole rings is 1. The minimum Gasteiger partial charge on any atom is -0.300 e. The number of hydrogen-bond acceptors (Lipinski definition) is 3. The van der Waals surface area contributed by atoms with Crippen molar-refractivity contribution in [2.45, 2.75) is 28.9 Å². The van der Waals surface area contributed by atoms with Gasteiger partial charge in [-0.15, -0.1) is 23.5 Å². The van der Waals surface area contributed by atoms with Crippen molar-refractivity contribution in [2.24, 2.45) is 0 Å². The van der Waals surface area contributed by atoms with Crippen LogP contribution in [0.5, 0.6) is 0 Å². The minimum absolute atomic E-state index is 0.505. The van der Waals surface area contributed by atoms with Gasteiger partial charge in [0.15, 0.2) is 0 Å². The summed E-state index contributed by atoms with van der Waals surface area (Å²) in [5.41, 5.74) is 2.11. The molecular formula is C19H19ClN2S2. The van der Waals surface area contributed by atoms with Crippen molar-refractivity contribution < 1.29 is 0 Å². The van der Waals surface area contributed by atoms with E-state index >= 15 is 0 Å². The van der Waals surface area contributed by atoms with E-state index in [4.69, 9.17) is 11.6 Å². The van der Waals surface area contributed by atoms with Crippen molar-refractivity contribution in [1.29, 1.82) is 0 Å². The highest BCUT2D eigenvalue weighted by Crippen LogP contribution is 2.34. The van der Waals surface area contributed by atoms with Crippen LogP contribution in [0.1, 0.15) is 13.8 Å². The smallest absolute Gasteiger partial charge is 0.144 e. The summed E-state index contributed by atoms with van der Waals surface area (Å²) in [7, 11) is 0. The van der Waals surface area contributed by atoms with E-state index in [1.54, 1.807) is 23.5 Å². The lowest BCUT2D eigenvalue weighted by molar-refractivity contribution is 1.06. The number of halogens is 1. The summed E-state index contributed by atoms with van der Waals surface area (Å²) in [6.07, 6.45) is 5.88. The first kappa shape index (κ1) is 17.5. The molecule has 0 aliphatic carbocycles. The van der Waals surface area contributed by atoms with Crippen LogP contribution in [0.4, 0.5) is 0 Å². The third-order valence-corrected chi connectivity index (χ3v) is 5.79. The minimum atomic E-state index is 0.505. The molecule has 3 rings (SSSR count). The SMILES string of the molecule is CSc1ccc(-n2ccnc2-c2ccc(SC(C)C)c(Cl)c2)cc1. The molecular weight excluding hydrogens is 356 g/mol. The van der Waals surface area contributed by atoms with Crippen LogP contribution in [0.15, 0.2) is 64.6 Å². The molecule has 2 aromatic carbocycles. The van der Waals surface area contributed by atoms with Gasteiger partial charge in [0.05, 0.1) is 5.02 Å².